The van der Waals surface area contributed by atoms with Gasteiger partial charge in [0.1, 0.15) is 17.2 Å². The number of H-pyrrole nitrogens is 2. The summed E-state index contributed by atoms with van der Waals surface area (Å²) in [7, 11) is 0. The number of fused-ring (bicyclic) bond motifs is 2. The summed E-state index contributed by atoms with van der Waals surface area (Å²) in [5.41, 5.74) is 4.48. The highest BCUT2D eigenvalue weighted by atomic mass is 15.1. The molecule has 4 rings (SSSR count). The van der Waals surface area contributed by atoms with E-state index < -0.39 is 0 Å². The smallest absolute Gasteiger partial charge is 0.181 e. The van der Waals surface area contributed by atoms with Gasteiger partial charge < -0.3 is 4.98 Å². The predicted molar refractivity (Wildman–Crippen MR) is 152 cm³/mol. The van der Waals surface area contributed by atoms with Crippen LogP contribution in [0.1, 0.15) is 121 Å². The van der Waals surface area contributed by atoms with E-state index in [9.17, 15) is 0 Å². The van der Waals surface area contributed by atoms with E-state index in [0.29, 0.717) is 0 Å². The maximum absolute atomic E-state index is 4.74. The van der Waals surface area contributed by atoms with Crippen molar-refractivity contribution in [2.24, 2.45) is 0 Å². The Morgan fingerprint density at radius 3 is 1.61 bits per heavy atom. The van der Waals surface area contributed by atoms with Crippen molar-refractivity contribution in [1.29, 1.82) is 0 Å². The molecule has 0 amide bonds. The molecule has 0 spiro atoms. The van der Waals surface area contributed by atoms with Crippen LogP contribution in [0.5, 0.6) is 0 Å². The zero-order valence-electron chi connectivity index (χ0n) is 22.8. The molecule has 0 bridgehead atoms. The quantitative estimate of drug-likeness (QED) is 0.267. The Labute approximate surface area is 217 Å². The fourth-order valence-corrected chi connectivity index (χ4v) is 3.45. The number of hydrogen-bond acceptors (Lipinski definition) is 6. The molecule has 200 valence electrons. The van der Waals surface area contributed by atoms with Crippen LogP contribution < -0.4 is 0 Å². The molecule has 0 unspecified atom stereocenters. The van der Waals surface area contributed by atoms with E-state index in [4.69, 9.17) is 9.97 Å². The molecule has 8 nitrogen and oxygen atoms in total. The van der Waals surface area contributed by atoms with Crippen LogP contribution in [0.15, 0.2) is 12.5 Å². The summed E-state index contributed by atoms with van der Waals surface area (Å²) >= 11 is 0. The maximum Gasteiger partial charge on any atom is 0.181 e. The van der Waals surface area contributed by atoms with E-state index in [1.165, 1.54) is 0 Å². The maximum atomic E-state index is 4.74. The van der Waals surface area contributed by atoms with Gasteiger partial charge in [0, 0.05) is 21.7 Å². The Morgan fingerprint density at radius 2 is 1.11 bits per heavy atom. The fraction of sp³-hybridized carbons (Fsp3) is 0.643. The molecular weight excluding hydrogens is 448 g/mol. The lowest BCUT2D eigenvalue weighted by atomic mass is 9.89. The average Bonchev–Trinajstić information content (AvgIpc) is 3.32. The van der Waals surface area contributed by atoms with Gasteiger partial charge >= 0.3 is 0 Å². The molecule has 0 fully saturated rings. The van der Waals surface area contributed by atoms with Gasteiger partial charge in [-0.3, -0.25) is 5.10 Å². The van der Waals surface area contributed by atoms with Gasteiger partial charge in [-0.25, -0.2) is 24.9 Å². The topological polar surface area (TPSA) is 109 Å². The molecule has 2 N–H and O–H groups in total. The van der Waals surface area contributed by atoms with Crippen molar-refractivity contribution in [3.8, 4) is 0 Å². The minimum atomic E-state index is -0.0624. The third-order valence-corrected chi connectivity index (χ3v) is 5.36. The van der Waals surface area contributed by atoms with Crippen LogP contribution in [0.25, 0.3) is 22.2 Å². The lowest BCUT2D eigenvalue weighted by Crippen LogP contribution is -2.22. The summed E-state index contributed by atoms with van der Waals surface area (Å²) in [5.74, 6) is 1.71. The van der Waals surface area contributed by atoms with Gasteiger partial charge in [0.2, 0.25) is 0 Å². The first-order valence-electron chi connectivity index (χ1n) is 11.8. The zero-order chi connectivity index (χ0) is 25.7. The molecular formula is C28H48N8. The van der Waals surface area contributed by atoms with Crippen LogP contribution in [0.3, 0.4) is 0 Å². The van der Waals surface area contributed by atoms with Gasteiger partial charge in [-0.1, -0.05) is 97.9 Å². The van der Waals surface area contributed by atoms with Gasteiger partial charge in [-0.2, -0.15) is 5.10 Å². The molecule has 36 heavy (non-hydrogen) atoms. The van der Waals surface area contributed by atoms with Crippen LogP contribution >= 0.6 is 0 Å². The minimum absolute atomic E-state index is 0. The molecule has 4 aromatic rings. The molecule has 0 saturated heterocycles. The van der Waals surface area contributed by atoms with Crippen LogP contribution in [0, 0.1) is 0 Å². The molecule has 0 aliphatic rings. The van der Waals surface area contributed by atoms with Crippen molar-refractivity contribution >= 4 is 22.2 Å². The van der Waals surface area contributed by atoms with Crippen molar-refractivity contribution in [1.82, 2.24) is 40.1 Å². The first-order valence-corrected chi connectivity index (χ1v) is 11.8. The van der Waals surface area contributed by atoms with Crippen molar-refractivity contribution < 1.29 is 0 Å². The van der Waals surface area contributed by atoms with Crippen molar-refractivity contribution in [2.45, 2.75) is 120 Å². The largest absolute Gasteiger partial charge is 0.342 e. The normalized spacial score (nSPS) is 12.6. The molecule has 8 heteroatoms. The van der Waals surface area contributed by atoms with Crippen molar-refractivity contribution in [3.05, 3.63) is 35.6 Å². The van der Waals surface area contributed by atoms with E-state index in [1.54, 1.807) is 6.33 Å². The van der Waals surface area contributed by atoms with Crippen LogP contribution in [-0.4, -0.2) is 40.1 Å². The highest BCUT2D eigenvalue weighted by molar-refractivity contribution is 5.77. The van der Waals surface area contributed by atoms with Gasteiger partial charge in [-0.15, -0.1) is 0 Å². The first-order chi connectivity index (χ1) is 15.4. The van der Waals surface area contributed by atoms with E-state index in [2.05, 4.69) is 113 Å². The molecule has 0 aliphatic heterocycles. The molecule has 0 radical (unpaired) electrons. The number of imidazole rings is 1. The molecule has 0 saturated carbocycles. The molecule has 4 aromatic heterocycles. The average molecular weight is 497 g/mol. The Morgan fingerprint density at radius 1 is 0.611 bits per heavy atom. The number of hydrogen-bond donors (Lipinski definition) is 2. The van der Waals surface area contributed by atoms with Gasteiger partial charge in [-0.05, 0) is 0 Å². The van der Waals surface area contributed by atoms with E-state index in [-0.39, 0.29) is 36.5 Å². The summed E-state index contributed by atoms with van der Waals surface area (Å²) in [6.07, 6.45) is 3.49. The minimum Gasteiger partial charge on any atom is -0.342 e. The van der Waals surface area contributed by atoms with Crippen LogP contribution in [0.4, 0.5) is 0 Å². The standard InChI is InChI=1S/2C13H20N4.2CH4/c1-12(2,3)9-8-10(15-7-14-8)17-11(16-9)13(4,5)6;1-12(2,3)9-8-7-14-17-10(8)16-11(15-9)13(4,5)6;;/h2*7H,1-6H3,(H,14,15,16,17);2*1H4. The Bertz CT molecular complexity index is 1180. The molecule has 0 atom stereocenters. The second-order valence-electron chi connectivity index (χ2n) is 13.0. The summed E-state index contributed by atoms with van der Waals surface area (Å²) in [6.45, 7) is 25.7. The van der Waals surface area contributed by atoms with Crippen LogP contribution in [-0.2, 0) is 21.7 Å². The lowest BCUT2D eigenvalue weighted by Gasteiger charge is -2.23. The zero-order valence-corrected chi connectivity index (χ0v) is 22.8. The van der Waals surface area contributed by atoms with Crippen molar-refractivity contribution in [2.75, 3.05) is 0 Å². The predicted octanol–water partition coefficient (Wildman–Crippen LogP) is 7.17. The Kier molecular flexibility index (Phi) is 8.84. The number of nitrogens with one attached hydrogen (secondary N) is 2. The number of aromatic amines is 2. The third-order valence-electron chi connectivity index (χ3n) is 5.36. The first kappa shape index (κ1) is 31.1. The number of rotatable bonds is 0. The van der Waals surface area contributed by atoms with Gasteiger partial charge in [0.05, 0.1) is 29.3 Å². The second-order valence-corrected chi connectivity index (χ2v) is 13.0. The monoisotopic (exact) mass is 496 g/mol. The van der Waals surface area contributed by atoms with E-state index in [0.717, 1.165) is 45.2 Å². The summed E-state index contributed by atoms with van der Waals surface area (Å²) < 4.78 is 0. The second kappa shape index (κ2) is 10.2. The summed E-state index contributed by atoms with van der Waals surface area (Å²) in [4.78, 5) is 26.0. The molecule has 0 aliphatic carbocycles. The number of nitrogens with zero attached hydrogens (tertiary/aromatic N) is 6. The summed E-state index contributed by atoms with van der Waals surface area (Å²) in [5, 5.41) is 8.03. The SMILES string of the molecule is C.C.CC(C)(C)c1nc(C(C)(C)C)c2[nH]cnc2n1.CC(C)(C)c1nc(C(C)(C)C)c2cn[nH]c2n1. The Balaban J connectivity index is 0.000000341. The number of aromatic nitrogens is 8. The third kappa shape index (κ3) is 6.65. The fourth-order valence-electron chi connectivity index (χ4n) is 3.45. The van der Waals surface area contributed by atoms with E-state index >= 15 is 0 Å². The molecule has 0 aromatic carbocycles. The molecule has 4 heterocycles. The van der Waals surface area contributed by atoms with Gasteiger partial charge in [0.15, 0.2) is 11.3 Å². The van der Waals surface area contributed by atoms with E-state index in [1.807, 2.05) is 6.20 Å². The van der Waals surface area contributed by atoms with Crippen LogP contribution in [0.2, 0.25) is 0 Å². The van der Waals surface area contributed by atoms with Gasteiger partial charge in [0.25, 0.3) is 0 Å². The highest BCUT2D eigenvalue weighted by Crippen LogP contribution is 2.30. The highest BCUT2D eigenvalue weighted by Gasteiger charge is 2.27. The lowest BCUT2D eigenvalue weighted by molar-refractivity contribution is 0.519. The Hall–Kier alpha value is -2.90. The summed E-state index contributed by atoms with van der Waals surface area (Å²) in [6, 6.07) is 0. The van der Waals surface area contributed by atoms with Crippen molar-refractivity contribution in [3.63, 3.8) is 0 Å².